The average molecular weight is 430 g/mol. The van der Waals surface area contributed by atoms with Gasteiger partial charge >= 0.3 is 5.97 Å². The van der Waals surface area contributed by atoms with E-state index in [0.717, 1.165) is 24.9 Å². The Balaban J connectivity index is 1.46. The summed E-state index contributed by atoms with van der Waals surface area (Å²) >= 11 is 0. The van der Waals surface area contributed by atoms with E-state index in [1.165, 1.54) is 32.8 Å². The normalized spacial score (nSPS) is 21.8. The summed E-state index contributed by atoms with van der Waals surface area (Å²) < 4.78 is 4.88. The van der Waals surface area contributed by atoms with E-state index in [-0.39, 0.29) is 23.9 Å². The van der Waals surface area contributed by atoms with E-state index in [2.05, 4.69) is 4.90 Å². The number of carbonyl (C=O) groups is 3. The fourth-order valence-electron chi connectivity index (χ4n) is 5.21. The average Bonchev–Trinajstić information content (AvgIpc) is 2.79. The number of piperidine rings is 1. The number of likely N-dealkylation sites (tertiary alicyclic amines) is 1. The number of ether oxygens (including phenoxy) is 1. The maximum atomic E-state index is 12.8. The molecule has 0 spiro atoms. The van der Waals surface area contributed by atoms with Crippen LogP contribution in [0.1, 0.15) is 69.8 Å². The molecule has 1 aliphatic carbocycles. The highest BCUT2D eigenvalue weighted by Crippen LogP contribution is 2.35. The summed E-state index contributed by atoms with van der Waals surface area (Å²) in [6.07, 6.45) is 8.89. The number of ketones is 1. The van der Waals surface area contributed by atoms with Crippen molar-refractivity contribution in [3.63, 3.8) is 0 Å². The molecule has 1 saturated heterocycles. The van der Waals surface area contributed by atoms with Gasteiger partial charge in [-0.2, -0.15) is 0 Å². The number of carbonyl (C=O) groups excluding carboxylic acids is 3. The quantitative estimate of drug-likeness (QED) is 0.599. The third-order valence-electron chi connectivity index (χ3n) is 6.84. The van der Waals surface area contributed by atoms with Gasteiger partial charge in [-0.1, -0.05) is 25.0 Å². The van der Waals surface area contributed by atoms with Gasteiger partial charge in [0, 0.05) is 31.8 Å². The lowest BCUT2D eigenvalue weighted by Gasteiger charge is -2.44. The van der Waals surface area contributed by atoms with Gasteiger partial charge in [-0.3, -0.25) is 14.4 Å². The molecule has 0 bridgehead atoms. The highest BCUT2D eigenvalue weighted by molar-refractivity contribution is 5.85. The van der Waals surface area contributed by atoms with Crippen LogP contribution in [0.2, 0.25) is 0 Å². The lowest BCUT2D eigenvalue weighted by Crippen LogP contribution is -2.49. The number of nitrogens with zero attached hydrogens (tertiary/aromatic N) is 1. The number of hydrogen-bond donors (Lipinski definition) is 1. The largest absolute Gasteiger partial charge is 0.508 e. The molecular weight excluding hydrogens is 394 g/mol. The SMILES string of the molecule is COC(=O)[C@@H](CC(=O)CCCC(=O)N1CCCC2CCCCC21)Cc1ccc(O)cc1. The van der Waals surface area contributed by atoms with E-state index >= 15 is 0 Å². The van der Waals surface area contributed by atoms with Crippen LogP contribution in [-0.2, 0) is 25.5 Å². The first kappa shape index (κ1) is 23.3. The number of aromatic hydroxyl groups is 1. The number of methoxy groups -OCH3 is 1. The molecule has 3 atom stereocenters. The zero-order valence-electron chi connectivity index (χ0n) is 18.6. The van der Waals surface area contributed by atoms with Gasteiger partial charge in [-0.05, 0) is 62.1 Å². The first-order valence-corrected chi connectivity index (χ1v) is 11.6. The Morgan fingerprint density at radius 2 is 1.77 bits per heavy atom. The fourth-order valence-corrected chi connectivity index (χ4v) is 5.21. The van der Waals surface area contributed by atoms with Crippen molar-refractivity contribution in [1.29, 1.82) is 0 Å². The molecule has 1 aliphatic heterocycles. The van der Waals surface area contributed by atoms with Gasteiger partial charge in [-0.15, -0.1) is 0 Å². The number of esters is 1. The fraction of sp³-hybridized carbons (Fsp3) is 0.640. The van der Waals surface area contributed by atoms with Crippen molar-refractivity contribution in [1.82, 2.24) is 4.90 Å². The van der Waals surface area contributed by atoms with E-state index in [9.17, 15) is 19.5 Å². The topological polar surface area (TPSA) is 83.9 Å². The van der Waals surface area contributed by atoms with Crippen molar-refractivity contribution < 1.29 is 24.2 Å². The number of benzene rings is 1. The summed E-state index contributed by atoms with van der Waals surface area (Å²) in [4.78, 5) is 39.6. The van der Waals surface area contributed by atoms with E-state index < -0.39 is 11.9 Å². The smallest absolute Gasteiger partial charge is 0.309 e. The highest BCUT2D eigenvalue weighted by atomic mass is 16.5. The molecule has 2 aliphatic rings. The summed E-state index contributed by atoms with van der Waals surface area (Å²) in [5.41, 5.74) is 0.864. The summed E-state index contributed by atoms with van der Waals surface area (Å²) in [6.45, 7) is 0.852. The van der Waals surface area contributed by atoms with Crippen LogP contribution in [0.4, 0.5) is 0 Å². The molecule has 6 heteroatoms. The molecule has 1 heterocycles. The van der Waals surface area contributed by atoms with Crippen molar-refractivity contribution in [3.05, 3.63) is 29.8 Å². The number of phenolic OH excluding ortho intramolecular Hbond substituents is 1. The van der Waals surface area contributed by atoms with Crippen molar-refractivity contribution in [2.75, 3.05) is 13.7 Å². The molecule has 1 N–H and O–H groups in total. The summed E-state index contributed by atoms with van der Waals surface area (Å²) in [5.74, 6) is 0.0207. The molecule has 0 radical (unpaired) electrons. The third kappa shape index (κ3) is 6.55. The standard InChI is InChI=1S/C25H35NO5/c1-31-25(30)20(16-18-11-13-21(27)14-12-18)17-22(28)8-4-10-24(29)26-15-5-7-19-6-2-3-9-23(19)26/h11-14,19-20,23,27H,2-10,15-17H2,1H3/t19?,20-,23?/m1/s1. The van der Waals surface area contributed by atoms with Gasteiger partial charge in [-0.25, -0.2) is 0 Å². The van der Waals surface area contributed by atoms with Crippen molar-refractivity contribution in [2.45, 2.75) is 76.7 Å². The molecule has 1 saturated carbocycles. The van der Waals surface area contributed by atoms with E-state index in [1.807, 2.05) is 0 Å². The van der Waals surface area contributed by atoms with Crippen LogP contribution in [0.25, 0.3) is 0 Å². The summed E-state index contributed by atoms with van der Waals surface area (Å²) in [5, 5.41) is 9.41. The molecule has 3 rings (SSSR count). The Morgan fingerprint density at radius 3 is 2.52 bits per heavy atom. The predicted molar refractivity (Wildman–Crippen MR) is 117 cm³/mol. The van der Waals surface area contributed by atoms with E-state index in [1.54, 1.807) is 24.3 Å². The monoisotopic (exact) mass is 429 g/mol. The van der Waals surface area contributed by atoms with Crippen LogP contribution in [0, 0.1) is 11.8 Å². The van der Waals surface area contributed by atoms with Gasteiger partial charge in [0.05, 0.1) is 13.0 Å². The van der Waals surface area contributed by atoms with Gasteiger partial charge < -0.3 is 14.7 Å². The zero-order valence-corrected chi connectivity index (χ0v) is 18.6. The van der Waals surface area contributed by atoms with Crippen LogP contribution in [0.5, 0.6) is 5.75 Å². The molecule has 31 heavy (non-hydrogen) atoms. The number of rotatable bonds is 9. The zero-order chi connectivity index (χ0) is 22.2. The highest BCUT2D eigenvalue weighted by Gasteiger charge is 2.35. The minimum Gasteiger partial charge on any atom is -0.508 e. The molecule has 1 amide bonds. The summed E-state index contributed by atoms with van der Waals surface area (Å²) in [7, 11) is 1.33. The Morgan fingerprint density at radius 1 is 1.06 bits per heavy atom. The molecule has 6 nitrogen and oxygen atoms in total. The van der Waals surface area contributed by atoms with Gasteiger partial charge in [0.15, 0.2) is 0 Å². The molecule has 0 aromatic heterocycles. The Hall–Kier alpha value is -2.37. The Kier molecular flexibility index (Phi) is 8.50. The number of fused-ring (bicyclic) bond motifs is 1. The van der Waals surface area contributed by atoms with Crippen molar-refractivity contribution in [2.24, 2.45) is 11.8 Å². The van der Waals surface area contributed by atoms with Crippen LogP contribution >= 0.6 is 0 Å². The van der Waals surface area contributed by atoms with Crippen LogP contribution in [0.3, 0.4) is 0 Å². The molecular formula is C25H35NO5. The molecule has 2 fully saturated rings. The van der Waals surface area contributed by atoms with Crippen molar-refractivity contribution >= 4 is 17.7 Å². The van der Waals surface area contributed by atoms with Gasteiger partial charge in [0.2, 0.25) is 5.91 Å². The first-order chi connectivity index (χ1) is 15.0. The molecule has 1 aromatic carbocycles. The Labute approximate surface area is 185 Å². The van der Waals surface area contributed by atoms with Crippen LogP contribution in [-0.4, -0.2) is 47.4 Å². The van der Waals surface area contributed by atoms with Crippen LogP contribution in [0.15, 0.2) is 24.3 Å². The number of amides is 1. The van der Waals surface area contributed by atoms with Gasteiger partial charge in [0.25, 0.3) is 0 Å². The molecule has 2 unspecified atom stereocenters. The second-order valence-corrected chi connectivity index (χ2v) is 9.03. The second-order valence-electron chi connectivity index (χ2n) is 9.03. The van der Waals surface area contributed by atoms with Crippen molar-refractivity contribution in [3.8, 4) is 5.75 Å². The number of phenols is 1. The molecule has 1 aromatic rings. The molecule has 170 valence electrons. The van der Waals surface area contributed by atoms with E-state index in [4.69, 9.17) is 4.74 Å². The predicted octanol–water partition coefficient (Wildman–Crippen LogP) is 4.03. The third-order valence-corrected chi connectivity index (χ3v) is 6.84. The summed E-state index contributed by atoms with van der Waals surface area (Å²) in [6, 6.07) is 7.01. The second kappa shape index (κ2) is 11.3. The maximum Gasteiger partial charge on any atom is 0.309 e. The van der Waals surface area contributed by atoms with E-state index in [0.29, 0.717) is 37.6 Å². The minimum absolute atomic E-state index is 0.0174. The minimum atomic E-state index is -0.553. The van der Waals surface area contributed by atoms with Gasteiger partial charge in [0.1, 0.15) is 11.5 Å². The Bertz CT molecular complexity index is 758. The number of Topliss-reactive ketones (excluding diaryl/α,β-unsaturated/α-hetero) is 1. The lowest BCUT2D eigenvalue weighted by atomic mass is 9.78. The van der Waals surface area contributed by atoms with Crippen LogP contribution < -0.4 is 0 Å². The maximum absolute atomic E-state index is 12.8. The number of hydrogen-bond acceptors (Lipinski definition) is 5. The lowest BCUT2D eigenvalue weighted by molar-refractivity contribution is -0.147. The first-order valence-electron chi connectivity index (χ1n) is 11.6.